The first-order valence-corrected chi connectivity index (χ1v) is 5.52. The monoisotopic (exact) mass is 249 g/mol. The molecule has 15 heavy (non-hydrogen) atoms. The zero-order valence-electron chi connectivity index (χ0n) is 8.91. The van der Waals surface area contributed by atoms with E-state index in [2.05, 4.69) is 11.7 Å². The second-order valence-electron chi connectivity index (χ2n) is 3.08. The highest BCUT2D eigenvalue weighted by Gasteiger charge is 2.14. The van der Waals surface area contributed by atoms with Crippen LogP contribution in [0.25, 0.3) is 0 Å². The lowest BCUT2D eigenvalue weighted by atomic mass is 10.2. The molecule has 2 N–H and O–H groups in total. The van der Waals surface area contributed by atoms with Gasteiger partial charge in [-0.15, -0.1) is 23.7 Å². The Bertz CT molecular complexity index is 325. The molecule has 1 aromatic rings. The van der Waals surface area contributed by atoms with Gasteiger partial charge in [-0.05, 0) is 12.8 Å². The first-order chi connectivity index (χ1) is 6.70. The van der Waals surface area contributed by atoms with Gasteiger partial charge in [-0.2, -0.15) is 0 Å². The van der Waals surface area contributed by atoms with Gasteiger partial charge in [-0.3, -0.25) is 0 Å². The molecule has 1 aromatic heterocycles. The second-order valence-corrected chi connectivity index (χ2v) is 4.05. The third-order valence-corrected chi connectivity index (χ3v) is 3.13. The molecule has 0 spiro atoms. The number of rotatable bonds is 4. The lowest BCUT2D eigenvalue weighted by Crippen LogP contribution is -2.03. The zero-order valence-corrected chi connectivity index (χ0v) is 10.5. The number of hydrogen-bond acceptors (Lipinski definition) is 4. The smallest absolute Gasteiger partial charge is 0.340 e. The Morgan fingerprint density at radius 2 is 2.27 bits per heavy atom. The largest absolute Gasteiger partial charge is 0.465 e. The Kier molecular flexibility index (Phi) is 6.36. The van der Waals surface area contributed by atoms with Crippen LogP contribution in [0.4, 0.5) is 5.69 Å². The number of carbonyl (C=O) groups excluding carboxylic acids is 1. The fourth-order valence-electron chi connectivity index (χ4n) is 1.21. The Morgan fingerprint density at radius 1 is 1.60 bits per heavy atom. The highest BCUT2D eigenvalue weighted by Crippen LogP contribution is 2.27. The van der Waals surface area contributed by atoms with Crippen molar-refractivity contribution in [1.29, 1.82) is 0 Å². The van der Waals surface area contributed by atoms with Crippen molar-refractivity contribution >= 4 is 35.4 Å². The standard InChI is InChI=1S/C10H15NO2S.ClH/c1-3-4-5-8-9(11)7(6-14-8)10(12)13-2;/h6H,3-5,11H2,1-2H3;1H. The Hall–Kier alpha value is -0.740. The number of halogens is 1. The Morgan fingerprint density at radius 3 is 2.80 bits per heavy atom. The van der Waals surface area contributed by atoms with Crippen LogP contribution in [0.15, 0.2) is 5.38 Å². The molecular weight excluding hydrogens is 234 g/mol. The van der Waals surface area contributed by atoms with Crippen molar-refractivity contribution in [3.05, 3.63) is 15.8 Å². The van der Waals surface area contributed by atoms with Gasteiger partial charge in [0, 0.05) is 10.3 Å². The van der Waals surface area contributed by atoms with Crippen LogP contribution in [-0.2, 0) is 11.2 Å². The van der Waals surface area contributed by atoms with Crippen molar-refractivity contribution in [2.24, 2.45) is 0 Å². The Balaban J connectivity index is 0.00000196. The molecule has 0 aliphatic rings. The molecule has 1 heterocycles. The summed E-state index contributed by atoms with van der Waals surface area (Å²) in [4.78, 5) is 12.3. The number of hydrogen-bond donors (Lipinski definition) is 1. The SMILES string of the molecule is CCCCc1scc(C(=O)OC)c1N.Cl. The highest BCUT2D eigenvalue weighted by molar-refractivity contribution is 7.10. The van der Waals surface area contributed by atoms with Crippen LogP contribution in [0, 0.1) is 0 Å². The predicted molar refractivity (Wildman–Crippen MR) is 65.9 cm³/mol. The lowest BCUT2D eigenvalue weighted by Gasteiger charge is -1.99. The van der Waals surface area contributed by atoms with E-state index >= 15 is 0 Å². The van der Waals surface area contributed by atoms with Crippen molar-refractivity contribution in [3.8, 4) is 0 Å². The molecule has 1 rings (SSSR count). The van der Waals surface area contributed by atoms with Gasteiger partial charge in [-0.25, -0.2) is 4.79 Å². The summed E-state index contributed by atoms with van der Waals surface area (Å²) in [6.07, 6.45) is 3.18. The van der Waals surface area contributed by atoms with Gasteiger partial charge in [0.1, 0.15) is 0 Å². The average Bonchev–Trinajstić information content (AvgIpc) is 2.56. The molecular formula is C10H16ClNO2S. The van der Waals surface area contributed by atoms with E-state index in [4.69, 9.17) is 5.73 Å². The molecule has 0 saturated heterocycles. The maximum atomic E-state index is 11.2. The van der Waals surface area contributed by atoms with Crippen molar-refractivity contribution in [1.82, 2.24) is 0 Å². The van der Waals surface area contributed by atoms with E-state index in [-0.39, 0.29) is 18.4 Å². The number of anilines is 1. The van der Waals surface area contributed by atoms with E-state index in [1.165, 1.54) is 18.4 Å². The van der Waals surface area contributed by atoms with E-state index in [1.807, 2.05) is 0 Å². The first-order valence-electron chi connectivity index (χ1n) is 4.64. The summed E-state index contributed by atoms with van der Waals surface area (Å²) in [5.74, 6) is -0.346. The fraction of sp³-hybridized carbons (Fsp3) is 0.500. The molecule has 0 aliphatic heterocycles. The minimum atomic E-state index is -0.346. The third-order valence-electron chi connectivity index (χ3n) is 2.07. The van der Waals surface area contributed by atoms with Gasteiger partial charge in [0.05, 0.1) is 18.4 Å². The normalized spacial score (nSPS) is 9.47. The molecule has 0 aliphatic carbocycles. The summed E-state index contributed by atoms with van der Waals surface area (Å²) in [5, 5.41) is 1.77. The van der Waals surface area contributed by atoms with Crippen molar-refractivity contribution < 1.29 is 9.53 Å². The number of esters is 1. The van der Waals surface area contributed by atoms with E-state index in [1.54, 1.807) is 5.38 Å². The number of ether oxygens (including phenoxy) is 1. The van der Waals surface area contributed by atoms with Gasteiger partial charge in [0.2, 0.25) is 0 Å². The van der Waals surface area contributed by atoms with Crippen molar-refractivity contribution in [3.63, 3.8) is 0 Å². The molecule has 0 atom stereocenters. The predicted octanol–water partition coefficient (Wildman–Crippen LogP) is 2.88. The summed E-state index contributed by atoms with van der Waals surface area (Å²) < 4.78 is 4.62. The van der Waals surface area contributed by atoms with Gasteiger partial charge in [0.25, 0.3) is 0 Å². The van der Waals surface area contributed by atoms with Crippen LogP contribution in [0.5, 0.6) is 0 Å². The number of thiophene rings is 1. The molecule has 86 valence electrons. The molecule has 5 heteroatoms. The molecule has 0 radical (unpaired) electrons. The highest BCUT2D eigenvalue weighted by atomic mass is 35.5. The van der Waals surface area contributed by atoms with Crippen molar-refractivity contribution in [2.45, 2.75) is 26.2 Å². The van der Waals surface area contributed by atoms with Crippen LogP contribution in [0.2, 0.25) is 0 Å². The summed E-state index contributed by atoms with van der Waals surface area (Å²) >= 11 is 1.53. The molecule has 0 saturated carbocycles. The number of nitrogens with two attached hydrogens (primary N) is 1. The minimum absolute atomic E-state index is 0. The quantitative estimate of drug-likeness (QED) is 0.835. The summed E-state index contributed by atoms with van der Waals surface area (Å²) in [7, 11) is 1.37. The maximum Gasteiger partial charge on any atom is 0.340 e. The average molecular weight is 250 g/mol. The van der Waals surface area contributed by atoms with Crippen molar-refractivity contribution in [2.75, 3.05) is 12.8 Å². The Labute approximate surface area is 100 Å². The van der Waals surface area contributed by atoms with Crippen LogP contribution >= 0.6 is 23.7 Å². The number of unbranched alkanes of at least 4 members (excludes halogenated alkanes) is 1. The lowest BCUT2D eigenvalue weighted by molar-refractivity contribution is 0.0602. The fourth-order valence-corrected chi connectivity index (χ4v) is 2.19. The van der Waals surface area contributed by atoms with Gasteiger partial charge in [0.15, 0.2) is 0 Å². The topological polar surface area (TPSA) is 52.3 Å². The first kappa shape index (κ1) is 14.3. The molecule has 0 fully saturated rings. The number of aryl methyl sites for hydroxylation is 1. The van der Waals surface area contributed by atoms with Crippen LogP contribution in [0.1, 0.15) is 35.0 Å². The zero-order chi connectivity index (χ0) is 10.6. The van der Waals surface area contributed by atoms with Crippen LogP contribution in [0.3, 0.4) is 0 Å². The molecule has 3 nitrogen and oxygen atoms in total. The molecule has 0 bridgehead atoms. The molecule has 0 aromatic carbocycles. The van der Waals surface area contributed by atoms with E-state index < -0.39 is 0 Å². The molecule has 0 unspecified atom stereocenters. The second kappa shape index (κ2) is 6.69. The van der Waals surface area contributed by atoms with E-state index in [0.29, 0.717) is 11.3 Å². The number of methoxy groups -OCH3 is 1. The maximum absolute atomic E-state index is 11.2. The van der Waals surface area contributed by atoms with Gasteiger partial charge in [-0.1, -0.05) is 13.3 Å². The van der Waals surface area contributed by atoms with E-state index in [9.17, 15) is 4.79 Å². The van der Waals surface area contributed by atoms with Gasteiger partial charge < -0.3 is 10.5 Å². The van der Waals surface area contributed by atoms with Crippen LogP contribution in [-0.4, -0.2) is 13.1 Å². The number of carbonyl (C=O) groups is 1. The van der Waals surface area contributed by atoms with Crippen LogP contribution < -0.4 is 5.73 Å². The minimum Gasteiger partial charge on any atom is -0.465 e. The summed E-state index contributed by atoms with van der Waals surface area (Å²) in [5.41, 5.74) is 6.93. The number of nitrogen functional groups attached to an aromatic ring is 1. The van der Waals surface area contributed by atoms with E-state index in [0.717, 1.165) is 24.1 Å². The van der Waals surface area contributed by atoms with Gasteiger partial charge >= 0.3 is 5.97 Å². The molecule has 0 amide bonds. The summed E-state index contributed by atoms with van der Waals surface area (Å²) in [6, 6.07) is 0. The third kappa shape index (κ3) is 3.39. The summed E-state index contributed by atoms with van der Waals surface area (Å²) in [6.45, 7) is 2.13.